The van der Waals surface area contributed by atoms with E-state index in [1.54, 1.807) is 0 Å². The van der Waals surface area contributed by atoms with Gasteiger partial charge in [0.05, 0.1) is 6.04 Å². The summed E-state index contributed by atoms with van der Waals surface area (Å²) in [6, 6.07) is 20.1. The summed E-state index contributed by atoms with van der Waals surface area (Å²) >= 11 is 0. The number of carbonyl (C=O) groups excluding carboxylic acids is 1. The van der Waals surface area contributed by atoms with Gasteiger partial charge in [0.2, 0.25) is 0 Å². The molecule has 2 nitrogen and oxygen atoms in total. The minimum atomic E-state index is 0.0220. The standard InChI is InChI=1S/C18H17NO/c1-13-12-16(14-8-4-2-5-9-14)19-18(20)17(13)15-10-6-3-7-11-15/h2-11,16H,12H2,1H3,(H,19,20)/t16-/m0/s1. The van der Waals surface area contributed by atoms with Gasteiger partial charge in [0.25, 0.3) is 5.91 Å². The maximum atomic E-state index is 12.4. The summed E-state index contributed by atoms with van der Waals surface area (Å²) in [6.07, 6.45) is 0.861. The number of hydrogen-bond donors (Lipinski definition) is 1. The van der Waals surface area contributed by atoms with Crippen LogP contribution in [-0.2, 0) is 4.79 Å². The Kier molecular flexibility index (Phi) is 3.38. The molecule has 2 aromatic rings. The van der Waals surface area contributed by atoms with E-state index in [0.717, 1.165) is 28.7 Å². The molecule has 1 N–H and O–H groups in total. The lowest BCUT2D eigenvalue weighted by Gasteiger charge is -2.27. The van der Waals surface area contributed by atoms with Crippen LogP contribution in [-0.4, -0.2) is 5.91 Å². The van der Waals surface area contributed by atoms with E-state index >= 15 is 0 Å². The van der Waals surface area contributed by atoms with Crippen molar-refractivity contribution in [3.05, 3.63) is 77.4 Å². The van der Waals surface area contributed by atoms with Gasteiger partial charge in [0.15, 0.2) is 0 Å². The molecule has 0 saturated heterocycles. The molecule has 1 amide bonds. The van der Waals surface area contributed by atoms with Crippen molar-refractivity contribution in [2.75, 3.05) is 0 Å². The summed E-state index contributed by atoms with van der Waals surface area (Å²) in [7, 11) is 0. The molecular formula is C18H17NO. The average Bonchev–Trinajstić information content (AvgIpc) is 2.48. The second-order valence-corrected chi connectivity index (χ2v) is 5.16. The molecule has 0 saturated carbocycles. The molecule has 1 aliphatic heterocycles. The highest BCUT2D eigenvalue weighted by molar-refractivity contribution is 6.21. The summed E-state index contributed by atoms with van der Waals surface area (Å²) in [4.78, 5) is 12.4. The predicted octanol–water partition coefficient (Wildman–Crippen LogP) is 3.72. The first kappa shape index (κ1) is 12.7. The van der Waals surface area contributed by atoms with Crippen LogP contribution < -0.4 is 5.32 Å². The number of rotatable bonds is 2. The van der Waals surface area contributed by atoms with Crippen LogP contribution >= 0.6 is 0 Å². The molecule has 0 fully saturated rings. The molecule has 20 heavy (non-hydrogen) atoms. The van der Waals surface area contributed by atoms with Crippen molar-refractivity contribution in [2.24, 2.45) is 0 Å². The fourth-order valence-electron chi connectivity index (χ4n) is 2.75. The van der Waals surface area contributed by atoms with E-state index < -0.39 is 0 Å². The van der Waals surface area contributed by atoms with Gasteiger partial charge in [-0.1, -0.05) is 66.2 Å². The number of hydrogen-bond acceptors (Lipinski definition) is 1. The Balaban J connectivity index is 1.94. The first-order chi connectivity index (χ1) is 9.75. The highest BCUT2D eigenvalue weighted by atomic mass is 16.1. The average molecular weight is 263 g/mol. The molecule has 0 unspecified atom stereocenters. The van der Waals surface area contributed by atoms with Gasteiger partial charge in [-0.15, -0.1) is 0 Å². The normalized spacial score (nSPS) is 18.9. The molecule has 0 spiro atoms. The lowest BCUT2D eigenvalue weighted by Crippen LogP contribution is -2.33. The maximum Gasteiger partial charge on any atom is 0.252 e. The molecule has 1 heterocycles. The van der Waals surface area contributed by atoms with Gasteiger partial charge in [-0.05, 0) is 24.5 Å². The van der Waals surface area contributed by atoms with E-state index in [9.17, 15) is 4.79 Å². The van der Waals surface area contributed by atoms with Crippen LogP contribution in [0.5, 0.6) is 0 Å². The molecule has 1 atom stereocenters. The zero-order chi connectivity index (χ0) is 13.9. The van der Waals surface area contributed by atoms with E-state index in [2.05, 4.69) is 24.4 Å². The number of nitrogens with one attached hydrogen (secondary N) is 1. The maximum absolute atomic E-state index is 12.4. The zero-order valence-corrected chi connectivity index (χ0v) is 11.5. The first-order valence-electron chi connectivity index (χ1n) is 6.86. The van der Waals surface area contributed by atoms with Crippen molar-refractivity contribution in [3.63, 3.8) is 0 Å². The third kappa shape index (κ3) is 2.37. The Morgan fingerprint density at radius 2 is 1.55 bits per heavy atom. The van der Waals surface area contributed by atoms with Crippen LogP contribution in [0.4, 0.5) is 0 Å². The SMILES string of the molecule is CC1=C(c2ccccc2)C(=O)N[C@H](c2ccccc2)C1. The van der Waals surface area contributed by atoms with Crippen LogP contribution in [0.1, 0.15) is 30.5 Å². The number of benzene rings is 2. The molecule has 2 aromatic carbocycles. The first-order valence-corrected chi connectivity index (χ1v) is 6.86. The summed E-state index contributed by atoms with van der Waals surface area (Å²) in [6.45, 7) is 2.05. The molecular weight excluding hydrogens is 246 g/mol. The van der Waals surface area contributed by atoms with Crippen molar-refractivity contribution in [1.29, 1.82) is 0 Å². The predicted molar refractivity (Wildman–Crippen MR) is 81.0 cm³/mol. The second-order valence-electron chi connectivity index (χ2n) is 5.16. The van der Waals surface area contributed by atoms with Gasteiger partial charge < -0.3 is 5.32 Å². The van der Waals surface area contributed by atoms with Crippen LogP contribution in [0.25, 0.3) is 5.57 Å². The molecule has 1 aliphatic rings. The monoisotopic (exact) mass is 263 g/mol. The third-order valence-electron chi connectivity index (χ3n) is 3.73. The molecule has 0 aliphatic carbocycles. The van der Waals surface area contributed by atoms with Crippen LogP contribution in [0.3, 0.4) is 0 Å². The van der Waals surface area contributed by atoms with Gasteiger partial charge in [0.1, 0.15) is 0 Å². The molecule has 0 aromatic heterocycles. The Hall–Kier alpha value is -2.35. The fourth-order valence-corrected chi connectivity index (χ4v) is 2.75. The Labute approximate surface area is 119 Å². The van der Waals surface area contributed by atoms with E-state index in [0.29, 0.717) is 0 Å². The smallest absolute Gasteiger partial charge is 0.252 e. The summed E-state index contributed by atoms with van der Waals surface area (Å²) in [5.41, 5.74) is 4.12. The molecule has 0 radical (unpaired) electrons. The molecule has 0 bridgehead atoms. The van der Waals surface area contributed by atoms with Gasteiger partial charge in [-0.2, -0.15) is 0 Å². The summed E-state index contributed by atoms with van der Waals surface area (Å²) in [5.74, 6) is 0.0220. The Bertz CT molecular complexity index is 644. The summed E-state index contributed by atoms with van der Waals surface area (Å²) < 4.78 is 0. The Morgan fingerprint density at radius 1 is 0.950 bits per heavy atom. The highest BCUT2D eigenvalue weighted by Crippen LogP contribution is 2.31. The van der Waals surface area contributed by atoms with Gasteiger partial charge in [-0.3, -0.25) is 4.79 Å². The van der Waals surface area contributed by atoms with Crippen molar-refractivity contribution in [2.45, 2.75) is 19.4 Å². The zero-order valence-electron chi connectivity index (χ0n) is 11.5. The number of carbonyl (C=O) groups is 1. The van der Waals surface area contributed by atoms with Crippen molar-refractivity contribution in [3.8, 4) is 0 Å². The van der Waals surface area contributed by atoms with E-state index in [4.69, 9.17) is 0 Å². The highest BCUT2D eigenvalue weighted by Gasteiger charge is 2.26. The fraction of sp³-hybridized carbons (Fsp3) is 0.167. The van der Waals surface area contributed by atoms with Crippen molar-refractivity contribution >= 4 is 11.5 Å². The lowest BCUT2D eigenvalue weighted by molar-refractivity contribution is -0.116. The summed E-state index contributed by atoms with van der Waals surface area (Å²) in [5, 5.41) is 3.11. The molecule has 2 heteroatoms. The molecule has 3 rings (SSSR count). The second kappa shape index (κ2) is 5.33. The van der Waals surface area contributed by atoms with Crippen LogP contribution in [0.15, 0.2) is 66.2 Å². The van der Waals surface area contributed by atoms with E-state index in [1.807, 2.05) is 48.5 Å². The minimum Gasteiger partial charge on any atom is -0.345 e. The van der Waals surface area contributed by atoms with E-state index in [-0.39, 0.29) is 11.9 Å². The van der Waals surface area contributed by atoms with Gasteiger partial charge in [-0.25, -0.2) is 0 Å². The number of amides is 1. The largest absolute Gasteiger partial charge is 0.345 e. The van der Waals surface area contributed by atoms with E-state index in [1.165, 1.54) is 0 Å². The quantitative estimate of drug-likeness (QED) is 0.879. The topological polar surface area (TPSA) is 29.1 Å². The minimum absolute atomic E-state index is 0.0220. The van der Waals surface area contributed by atoms with Crippen LogP contribution in [0.2, 0.25) is 0 Å². The van der Waals surface area contributed by atoms with Gasteiger partial charge in [0, 0.05) is 5.57 Å². The van der Waals surface area contributed by atoms with Crippen molar-refractivity contribution in [1.82, 2.24) is 5.32 Å². The lowest BCUT2D eigenvalue weighted by atomic mass is 9.89. The van der Waals surface area contributed by atoms with Crippen LogP contribution in [0, 0.1) is 0 Å². The molecule has 100 valence electrons. The Morgan fingerprint density at radius 3 is 2.15 bits per heavy atom. The van der Waals surface area contributed by atoms with Gasteiger partial charge >= 0.3 is 0 Å². The third-order valence-corrected chi connectivity index (χ3v) is 3.73. The van der Waals surface area contributed by atoms with Crippen molar-refractivity contribution < 1.29 is 4.79 Å².